The highest BCUT2D eigenvalue weighted by atomic mass is 16.7. The Balaban J connectivity index is 2.04. The highest BCUT2D eigenvalue weighted by Gasteiger charge is 2.57. The summed E-state index contributed by atoms with van der Waals surface area (Å²) in [5.41, 5.74) is 0. The average molecular weight is 1010 g/mol. The Labute approximate surface area is 418 Å². The number of hydrogen-bond donors (Lipinski definition) is 11. The quantitative estimate of drug-likeness (QED) is 0.0290. The minimum absolute atomic E-state index is 0.222. The monoisotopic (exact) mass is 1000 g/mol. The van der Waals surface area contributed by atoms with Crippen LogP contribution in [0.4, 0.5) is 0 Å². The van der Waals surface area contributed by atoms with Crippen LogP contribution in [0.2, 0.25) is 0 Å². The molecule has 0 bridgehead atoms. The van der Waals surface area contributed by atoms with E-state index in [-0.39, 0.29) is 12.3 Å². The van der Waals surface area contributed by atoms with E-state index in [0.717, 1.165) is 57.8 Å². The van der Waals surface area contributed by atoms with Crippen LogP contribution in [0, 0.1) is 5.92 Å². The number of hydrogen-bond acceptors (Lipinski definition) is 15. The Hall–Kier alpha value is -2.33. The third kappa shape index (κ3) is 24.6. The standard InChI is InChI=1S/C52H96N2O16/c1-5-6-7-8-9-10-11-12-13-14-15-19-22-25-28-31-43(60)54-38(39(57)30-27-24-21-18-16-17-20-23-26-29-36(2)3)34-67-50-48(64)47(63)46(62)42(69-50)35-68-52(51(65)66)32-40(58)44(53-37(4)56)49(70-52)45(61)41(59)33-55/h27,30,36,38-42,44-50,55,57-59,61-64H,5-26,28-29,31-35H2,1-4H3,(H,53,56)(H,54,60)(H,65,66)/b30-27-/t38-,39+,40-,41+,42+,44+,45+,46+,47-,48+,49+,50+,52+/m0/s1. The SMILES string of the molecule is CCCCCCCCCCCCCCCCCC(=O)N[C@@H](CO[C@@H]1O[C@H](CO[C@]2(C(=O)O)C[C@H](O)[C@@H](NC(C)=O)[C@H]([C@H](O)[C@H](O)CO)O2)[C@@H](O)[C@H](O)[C@H]1O)[C@H](O)/C=C\CCCCCCCCCC(C)C. The number of ether oxygens (including phenoxy) is 4. The van der Waals surface area contributed by atoms with Crippen LogP contribution in [0.5, 0.6) is 0 Å². The van der Waals surface area contributed by atoms with E-state index in [1.165, 1.54) is 103 Å². The fourth-order valence-electron chi connectivity index (χ4n) is 9.11. The molecule has 2 aliphatic heterocycles. The summed E-state index contributed by atoms with van der Waals surface area (Å²) in [7, 11) is 0. The van der Waals surface area contributed by atoms with E-state index in [1.807, 2.05) is 6.08 Å². The number of unbranched alkanes of at least 4 members (excludes halogenated alkanes) is 21. The zero-order valence-corrected chi connectivity index (χ0v) is 43.0. The summed E-state index contributed by atoms with van der Waals surface area (Å²) in [4.78, 5) is 37.9. The summed E-state index contributed by atoms with van der Waals surface area (Å²) in [6, 6.07) is -2.46. The van der Waals surface area contributed by atoms with E-state index in [4.69, 9.17) is 18.9 Å². The first-order valence-corrected chi connectivity index (χ1v) is 26.9. The summed E-state index contributed by atoms with van der Waals surface area (Å²) in [6.45, 7) is 5.58. The maximum absolute atomic E-state index is 13.3. The lowest BCUT2D eigenvalue weighted by Crippen LogP contribution is -2.68. The molecule has 0 unspecified atom stereocenters. The van der Waals surface area contributed by atoms with Crippen LogP contribution in [0.15, 0.2) is 12.2 Å². The zero-order chi connectivity index (χ0) is 51.9. The van der Waals surface area contributed by atoms with E-state index in [0.29, 0.717) is 6.42 Å². The number of rotatable bonds is 40. The Bertz CT molecular complexity index is 1430. The fourth-order valence-corrected chi connectivity index (χ4v) is 9.11. The molecular formula is C52H96N2O16. The fraction of sp³-hybridized carbons (Fsp3) is 0.904. The van der Waals surface area contributed by atoms with E-state index in [1.54, 1.807) is 6.08 Å². The smallest absolute Gasteiger partial charge is 0.364 e. The molecule has 0 saturated carbocycles. The van der Waals surface area contributed by atoms with Crippen LogP contribution >= 0.6 is 0 Å². The Kier molecular flexibility index (Phi) is 33.3. The van der Waals surface area contributed by atoms with E-state index in [9.17, 15) is 60.3 Å². The van der Waals surface area contributed by atoms with Crippen molar-refractivity contribution in [1.82, 2.24) is 10.6 Å². The van der Waals surface area contributed by atoms with Crippen molar-refractivity contribution in [2.45, 2.75) is 274 Å². The van der Waals surface area contributed by atoms with Crippen molar-refractivity contribution >= 4 is 17.8 Å². The van der Waals surface area contributed by atoms with Crippen LogP contribution in [0.3, 0.4) is 0 Å². The molecule has 18 nitrogen and oxygen atoms in total. The van der Waals surface area contributed by atoms with Gasteiger partial charge in [0.05, 0.1) is 44.1 Å². The molecule has 11 N–H and O–H groups in total. The maximum Gasteiger partial charge on any atom is 0.364 e. The molecule has 0 aromatic carbocycles. The summed E-state index contributed by atoms with van der Waals surface area (Å²) < 4.78 is 22.9. The van der Waals surface area contributed by atoms with Gasteiger partial charge in [-0.2, -0.15) is 0 Å². The van der Waals surface area contributed by atoms with Gasteiger partial charge in [0.25, 0.3) is 5.79 Å². The van der Waals surface area contributed by atoms with Crippen molar-refractivity contribution < 1.29 is 79.3 Å². The van der Waals surface area contributed by atoms with Gasteiger partial charge in [-0.05, 0) is 25.2 Å². The van der Waals surface area contributed by atoms with Gasteiger partial charge in [-0.3, -0.25) is 9.59 Å². The highest BCUT2D eigenvalue weighted by Crippen LogP contribution is 2.35. The summed E-state index contributed by atoms with van der Waals surface area (Å²) in [6.07, 6.45) is 13.1. The predicted octanol–water partition coefficient (Wildman–Crippen LogP) is 4.81. The van der Waals surface area contributed by atoms with Crippen molar-refractivity contribution in [1.29, 1.82) is 0 Å². The molecular weight excluding hydrogens is 909 g/mol. The van der Waals surface area contributed by atoms with Gasteiger partial charge in [0.1, 0.15) is 42.7 Å². The third-order valence-corrected chi connectivity index (χ3v) is 13.5. The summed E-state index contributed by atoms with van der Waals surface area (Å²) in [5.74, 6) is -4.84. The largest absolute Gasteiger partial charge is 0.477 e. The number of carboxylic acid groups (broad SMARTS) is 1. The molecule has 0 spiro atoms. The van der Waals surface area contributed by atoms with Crippen molar-refractivity contribution in [2.24, 2.45) is 5.92 Å². The topological polar surface area (TPSA) is 294 Å². The van der Waals surface area contributed by atoms with Crippen molar-refractivity contribution in [2.75, 3.05) is 19.8 Å². The second kappa shape index (κ2) is 36.6. The number of allylic oxidation sites excluding steroid dienone is 1. The number of nitrogens with one attached hydrogen (secondary N) is 2. The molecule has 2 amide bonds. The van der Waals surface area contributed by atoms with Gasteiger partial charge in [0, 0.05) is 19.8 Å². The predicted molar refractivity (Wildman–Crippen MR) is 264 cm³/mol. The number of carboxylic acids is 1. The van der Waals surface area contributed by atoms with Gasteiger partial charge in [-0.25, -0.2) is 4.79 Å². The Morgan fingerprint density at radius 1 is 0.757 bits per heavy atom. The molecule has 0 radical (unpaired) electrons. The molecule has 2 rings (SSSR count). The van der Waals surface area contributed by atoms with Crippen LogP contribution < -0.4 is 10.6 Å². The second-order valence-electron chi connectivity index (χ2n) is 20.3. The first-order chi connectivity index (χ1) is 33.5. The van der Waals surface area contributed by atoms with Gasteiger partial charge in [0.2, 0.25) is 11.8 Å². The number of aliphatic hydroxyl groups excluding tert-OH is 8. The molecule has 2 aliphatic rings. The number of amides is 2. The molecule has 0 aromatic heterocycles. The first kappa shape index (κ1) is 63.8. The zero-order valence-electron chi connectivity index (χ0n) is 43.0. The summed E-state index contributed by atoms with van der Waals surface area (Å²) in [5, 5.41) is 101. The van der Waals surface area contributed by atoms with E-state index >= 15 is 0 Å². The van der Waals surface area contributed by atoms with Gasteiger partial charge in [-0.1, -0.05) is 168 Å². The van der Waals surface area contributed by atoms with Crippen LogP contribution in [-0.4, -0.2) is 163 Å². The van der Waals surface area contributed by atoms with Crippen LogP contribution in [0.1, 0.15) is 195 Å². The van der Waals surface area contributed by atoms with Crippen molar-refractivity contribution in [3.05, 3.63) is 12.2 Å². The normalized spacial score (nSPS) is 26.8. The van der Waals surface area contributed by atoms with Gasteiger partial charge >= 0.3 is 5.97 Å². The molecule has 2 saturated heterocycles. The van der Waals surface area contributed by atoms with Crippen LogP contribution in [0.25, 0.3) is 0 Å². The van der Waals surface area contributed by atoms with Crippen molar-refractivity contribution in [3.63, 3.8) is 0 Å². The minimum atomic E-state index is -2.78. The minimum Gasteiger partial charge on any atom is -0.477 e. The average Bonchev–Trinajstić information content (AvgIpc) is 3.32. The summed E-state index contributed by atoms with van der Waals surface area (Å²) >= 11 is 0. The molecule has 2 heterocycles. The lowest BCUT2D eigenvalue weighted by molar-refractivity contribution is -0.339. The first-order valence-electron chi connectivity index (χ1n) is 26.9. The molecule has 0 aliphatic carbocycles. The molecule has 410 valence electrons. The van der Waals surface area contributed by atoms with Crippen LogP contribution in [-0.2, 0) is 33.3 Å². The van der Waals surface area contributed by atoms with E-state index < -0.39 is 117 Å². The van der Waals surface area contributed by atoms with E-state index in [2.05, 4.69) is 31.4 Å². The molecule has 2 fully saturated rings. The van der Waals surface area contributed by atoms with Gasteiger partial charge < -0.3 is 75.5 Å². The Morgan fingerprint density at radius 3 is 1.83 bits per heavy atom. The lowest BCUT2D eigenvalue weighted by atomic mass is 9.88. The molecule has 13 atom stereocenters. The number of aliphatic hydroxyl groups is 8. The molecule has 70 heavy (non-hydrogen) atoms. The Morgan fingerprint density at radius 2 is 1.30 bits per heavy atom. The van der Waals surface area contributed by atoms with Gasteiger partial charge in [-0.15, -0.1) is 0 Å². The third-order valence-electron chi connectivity index (χ3n) is 13.5. The molecule has 18 heteroatoms. The van der Waals surface area contributed by atoms with Gasteiger partial charge in [0.15, 0.2) is 6.29 Å². The van der Waals surface area contributed by atoms with Crippen molar-refractivity contribution in [3.8, 4) is 0 Å². The number of carbonyl (C=O) groups is 3. The highest BCUT2D eigenvalue weighted by molar-refractivity contribution is 5.77. The maximum atomic E-state index is 13.3. The number of aliphatic carboxylic acids is 1. The molecule has 0 aromatic rings. The number of carbonyl (C=O) groups excluding carboxylic acids is 2. The second-order valence-corrected chi connectivity index (χ2v) is 20.3. The lowest BCUT2D eigenvalue weighted by Gasteiger charge is -2.47.